The lowest BCUT2D eigenvalue weighted by molar-refractivity contribution is 0.494. The smallest absolute Gasteiger partial charge is 0.130 e. The molecule has 1 aliphatic heterocycles. The highest BCUT2D eigenvalue weighted by atomic mass is 79.9. The molecule has 4 heteroatoms. The van der Waals surface area contributed by atoms with Gasteiger partial charge in [0.1, 0.15) is 5.82 Å². The molecule has 0 aromatic carbocycles. The lowest BCUT2D eigenvalue weighted by Gasteiger charge is -2.19. The summed E-state index contributed by atoms with van der Waals surface area (Å²) in [5, 5.41) is 5.41. The topological polar surface area (TPSA) is 21.1 Å². The molecule has 2 atom stereocenters. The molecule has 0 aliphatic carbocycles. The van der Waals surface area contributed by atoms with Crippen LogP contribution in [0.5, 0.6) is 0 Å². The Morgan fingerprint density at radius 2 is 1.88 bits per heavy atom. The monoisotopic (exact) mass is 285 g/mol. The van der Waals surface area contributed by atoms with Gasteiger partial charge >= 0.3 is 0 Å². The second-order valence-corrected chi connectivity index (χ2v) is 5.57. The van der Waals surface area contributed by atoms with E-state index >= 15 is 0 Å². The molecule has 2 heterocycles. The van der Waals surface area contributed by atoms with Crippen LogP contribution in [0.4, 0.5) is 5.82 Å². The Morgan fingerprint density at radius 1 is 1.31 bits per heavy atom. The van der Waals surface area contributed by atoms with Crippen molar-refractivity contribution >= 4 is 21.7 Å². The average Bonchev–Trinajstić information content (AvgIpc) is 2.67. The second kappa shape index (κ2) is 4.40. The quantitative estimate of drug-likeness (QED) is 0.779. The fourth-order valence-electron chi connectivity index (χ4n) is 2.54. The molecule has 0 spiro atoms. The van der Waals surface area contributed by atoms with Gasteiger partial charge in [0.05, 0.1) is 5.69 Å². The van der Waals surface area contributed by atoms with E-state index in [1.165, 1.54) is 11.4 Å². The molecule has 16 heavy (non-hydrogen) atoms. The molecule has 0 amide bonds. The zero-order valence-electron chi connectivity index (χ0n) is 10.5. The first-order valence-corrected chi connectivity index (χ1v) is 7.00. The van der Waals surface area contributed by atoms with Crippen molar-refractivity contribution in [1.29, 1.82) is 0 Å². The molecule has 1 fully saturated rings. The molecule has 0 bridgehead atoms. The van der Waals surface area contributed by atoms with Crippen molar-refractivity contribution in [3.63, 3.8) is 0 Å². The summed E-state index contributed by atoms with van der Waals surface area (Å²) in [4.78, 5) is 2.48. The predicted molar refractivity (Wildman–Crippen MR) is 71.1 cm³/mol. The third-order valence-electron chi connectivity index (χ3n) is 3.73. The van der Waals surface area contributed by atoms with Crippen molar-refractivity contribution in [3.8, 4) is 0 Å². The first kappa shape index (κ1) is 12.0. The maximum Gasteiger partial charge on any atom is 0.130 e. The van der Waals surface area contributed by atoms with Gasteiger partial charge in [0.2, 0.25) is 0 Å². The number of anilines is 1. The van der Waals surface area contributed by atoms with E-state index in [1.807, 2.05) is 11.7 Å². The summed E-state index contributed by atoms with van der Waals surface area (Å²) in [7, 11) is 2.04. The van der Waals surface area contributed by atoms with Gasteiger partial charge in [-0.2, -0.15) is 5.10 Å². The minimum absolute atomic E-state index is 0.776. The largest absolute Gasteiger partial charge is 0.356 e. The minimum Gasteiger partial charge on any atom is -0.356 e. The van der Waals surface area contributed by atoms with Gasteiger partial charge in [-0.05, 0) is 18.8 Å². The number of aromatic nitrogens is 2. The number of nitrogens with zero attached hydrogens (tertiary/aromatic N) is 3. The summed E-state index contributed by atoms with van der Waals surface area (Å²) in [5.41, 5.74) is 2.48. The van der Waals surface area contributed by atoms with Crippen molar-refractivity contribution in [2.24, 2.45) is 18.9 Å². The zero-order chi connectivity index (χ0) is 11.9. The molecular formula is C12H20BrN3. The summed E-state index contributed by atoms with van der Waals surface area (Å²) < 4.78 is 2.02. The third-order valence-corrected chi connectivity index (χ3v) is 4.30. The Balaban J connectivity index is 2.33. The molecule has 0 radical (unpaired) electrons. The van der Waals surface area contributed by atoms with Crippen LogP contribution in [0.3, 0.4) is 0 Å². The van der Waals surface area contributed by atoms with Gasteiger partial charge in [-0.1, -0.05) is 29.8 Å². The van der Waals surface area contributed by atoms with E-state index in [2.05, 4.69) is 46.7 Å². The predicted octanol–water partition coefficient (Wildman–Crippen LogP) is 2.72. The highest BCUT2D eigenvalue weighted by Gasteiger charge is 2.29. The molecular weight excluding hydrogens is 266 g/mol. The Hall–Kier alpha value is -0.510. The van der Waals surface area contributed by atoms with Gasteiger partial charge in [0.15, 0.2) is 0 Å². The summed E-state index contributed by atoms with van der Waals surface area (Å²) in [6, 6.07) is 0. The van der Waals surface area contributed by atoms with Crippen molar-refractivity contribution in [2.45, 2.75) is 26.1 Å². The summed E-state index contributed by atoms with van der Waals surface area (Å²) >= 11 is 3.57. The van der Waals surface area contributed by atoms with Crippen molar-refractivity contribution in [2.75, 3.05) is 18.0 Å². The van der Waals surface area contributed by atoms with Gasteiger partial charge in [-0.15, -0.1) is 0 Å². The van der Waals surface area contributed by atoms with Crippen LogP contribution in [0, 0.1) is 18.8 Å². The van der Waals surface area contributed by atoms with Crippen molar-refractivity contribution in [3.05, 3.63) is 11.3 Å². The van der Waals surface area contributed by atoms with E-state index in [0.29, 0.717) is 0 Å². The van der Waals surface area contributed by atoms with Crippen LogP contribution in [0.15, 0.2) is 0 Å². The Kier molecular flexibility index (Phi) is 3.29. The number of aryl methyl sites for hydroxylation is 2. The minimum atomic E-state index is 0.776. The molecule has 2 rings (SSSR count). The van der Waals surface area contributed by atoms with Crippen LogP contribution in [0.1, 0.15) is 25.1 Å². The molecule has 1 aromatic heterocycles. The van der Waals surface area contributed by atoms with Gasteiger partial charge in [0, 0.05) is 31.0 Å². The van der Waals surface area contributed by atoms with E-state index in [4.69, 9.17) is 0 Å². The van der Waals surface area contributed by atoms with Crippen LogP contribution in [-0.4, -0.2) is 22.9 Å². The number of rotatable bonds is 2. The van der Waals surface area contributed by atoms with Crippen LogP contribution in [0.25, 0.3) is 0 Å². The fourth-order valence-corrected chi connectivity index (χ4v) is 3.20. The second-order valence-electron chi connectivity index (χ2n) is 5.00. The molecule has 1 aliphatic rings. The van der Waals surface area contributed by atoms with Crippen LogP contribution >= 0.6 is 15.9 Å². The van der Waals surface area contributed by atoms with Crippen molar-refractivity contribution in [1.82, 2.24) is 9.78 Å². The van der Waals surface area contributed by atoms with Gasteiger partial charge in [-0.3, -0.25) is 4.68 Å². The van der Waals surface area contributed by atoms with E-state index < -0.39 is 0 Å². The first-order valence-electron chi connectivity index (χ1n) is 5.88. The Morgan fingerprint density at radius 3 is 2.38 bits per heavy atom. The molecule has 3 nitrogen and oxygen atoms in total. The zero-order valence-corrected chi connectivity index (χ0v) is 12.1. The number of hydrogen-bond acceptors (Lipinski definition) is 2. The average molecular weight is 286 g/mol. The summed E-state index contributed by atoms with van der Waals surface area (Å²) in [6.07, 6.45) is 0. The van der Waals surface area contributed by atoms with Gasteiger partial charge in [-0.25, -0.2) is 0 Å². The van der Waals surface area contributed by atoms with Gasteiger partial charge in [0.25, 0.3) is 0 Å². The van der Waals surface area contributed by atoms with Crippen LogP contribution in [-0.2, 0) is 12.4 Å². The molecule has 0 N–H and O–H groups in total. The molecule has 1 saturated heterocycles. The Bertz CT molecular complexity index is 376. The van der Waals surface area contributed by atoms with Crippen LogP contribution in [0.2, 0.25) is 0 Å². The first-order chi connectivity index (χ1) is 7.54. The fraction of sp³-hybridized carbons (Fsp3) is 0.750. The number of hydrogen-bond donors (Lipinski definition) is 0. The number of halogens is 1. The summed E-state index contributed by atoms with van der Waals surface area (Å²) in [5.74, 6) is 2.85. The van der Waals surface area contributed by atoms with E-state index in [0.717, 1.165) is 35.9 Å². The third kappa shape index (κ3) is 1.88. The van der Waals surface area contributed by atoms with E-state index in [9.17, 15) is 0 Å². The Labute approximate surface area is 106 Å². The lowest BCUT2D eigenvalue weighted by atomic mass is 10.0. The molecule has 2 unspecified atom stereocenters. The lowest BCUT2D eigenvalue weighted by Crippen LogP contribution is -2.23. The standard InChI is InChI=1S/C12H20BrN3/c1-8-6-16(7-9(8)2)12-11(5-13)10(3)14-15(12)4/h8-9H,5-7H2,1-4H3. The number of alkyl halides is 1. The maximum absolute atomic E-state index is 4.52. The SMILES string of the molecule is Cc1nn(C)c(N2CC(C)C(C)C2)c1CBr. The van der Waals surface area contributed by atoms with Gasteiger partial charge < -0.3 is 4.90 Å². The highest BCUT2D eigenvalue weighted by Crippen LogP contribution is 2.32. The highest BCUT2D eigenvalue weighted by molar-refractivity contribution is 9.08. The normalized spacial score (nSPS) is 25.4. The van der Waals surface area contributed by atoms with E-state index in [1.54, 1.807) is 0 Å². The van der Waals surface area contributed by atoms with E-state index in [-0.39, 0.29) is 0 Å². The maximum atomic E-state index is 4.52. The molecule has 1 aromatic rings. The summed E-state index contributed by atoms with van der Waals surface area (Å²) in [6.45, 7) is 9.06. The molecule has 0 saturated carbocycles. The van der Waals surface area contributed by atoms with Crippen LogP contribution < -0.4 is 4.90 Å². The van der Waals surface area contributed by atoms with Crippen molar-refractivity contribution < 1.29 is 0 Å². The molecule has 90 valence electrons.